The van der Waals surface area contributed by atoms with E-state index >= 15 is 0 Å². The van der Waals surface area contributed by atoms with Crippen LogP contribution in [0.4, 0.5) is 0 Å². The Bertz CT molecular complexity index is 616. The van der Waals surface area contributed by atoms with Crippen LogP contribution in [0.15, 0.2) is 87.7 Å². The van der Waals surface area contributed by atoms with Crippen LogP contribution in [0.5, 0.6) is 0 Å². The molecule has 0 bridgehead atoms. The van der Waals surface area contributed by atoms with Gasteiger partial charge in [0.25, 0.3) is 0 Å². The molecule has 21 heavy (non-hydrogen) atoms. The number of benzene rings is 1. The van der Waals surface area contributed by atoms with Crippen molar-refractivity contribution >= 4 is 28.2 Å². The molecule has 0 heterocycles. The Balaban J connectivity index is 0.000000313. The van der Waals surface area contributed by atoms with Crippen LogP contribution in [0.25, 0.3) is 5.57 Å². The number of rotatable bonds is 1. The molecule has 0 radical (unpaired) electrons. The second kappa shape index (κ2) is 8.98. The average Bonchev–Trinajstić information content (AvgIpc) is 3.12. The van der Waals surface area contributed by atoms with E-state index in [1.165, 1.54) is 0 Å². The molecule has 0 N–H and O–H groups in total. The SMILES string of the molecule is CC([O-])=C1C=CC(I)=C1c1ccccc1.[Fe+2].c1cc[cH-]c1. The Morgan fingerprint density at radius 3 is 2.10 bits per heavy atom. The molecule has 0 atom stereocenters. The van der Waals surface area contributed by atoms with Crippen molar-refractivity contribution in [3.8, 4) is 0 Å². The van der Waals surface area contributed by atoms with Gasteiger partial charge in [-0.1, -0.05) is 43.3 Å². The Morgan fingerprint density at radius 1 is 1.00 bits per heavy atom. The van der Waals surface area contributed by atoms with Crippen molar-refractivity contribution in [2.24, 2.45) is 0 Å². The number of allylic oxidation sites excluding steroid dienone is 6. The average molecular weight is 430 g/mol. The predicted molar refractivity (Wildman–Crippen MR) is 91.3 cm³/mol. The van der Waals surface area contributed by atoms with Crippen LogP contribution in [-0.2, 0) is 17.1 Å². The Labute approximate surface area is 150 Å². The van der Waals surface area contributed by atoms with Crippen molar-refractivity contribution in [3.63, 3.8) is 0 Å². The first-order valence-corrected chi connectivity index (χ1v) is 7.46. The number of halogens is 1. The fourth-order valence-electron chi connectivity index (χ4n) is 1.96. The van der Waals surface area contributed by atoms with E-state index in [1.807, 2.05) is 72.8 Å². The van der Waals surface area contributed by atoms with Gasteiger partial charge in [-0.2, -0.15) is 18.2 Å². The zero-order chi connectivity index (χ0) is 14.4. The molecule has 0 saturated heterocycles. The van der Waals surface area contributed by atoms with Crippen molar-refractivity contribution in [2.75, 3.05) is 0 Å². The van der Waals surface area contributed by atoms with E-state index in [-0.39, 0.29) is 22.8 Å². The zero-order valence-corrected chi connectivity index (χ0v) is 14.8. The minimum atomic E-state index is 0. The summed E-state index contributed by atoms with van der Waals surface area (Å²) in [5, 5.41) is 11.4. The van der Waals surface area contributed by atoms with Gasteiger partial charge in [0.15, 0.2) is 0 Å². The molecule has 3 heteroatoms. The molecule has 3 rings (SSSR count). The summed E-state index contributed by atoms with van der Waals surface area (Å²) in [5.41, 5.74) is 2.98. The maximum atomic E-state index is 11.4. The first-order valence-electron chi connectivity index (χ1n) is 6.38. The van der Waals surface area contributed by atoms with Crippen molar-refractivity contribution in [2.45, 2.75) is 6.92 Å². The molecule has 0 saturated carbocycles. The van der Waals surface area contributed by atoms with E-state index in [1.54, 1.807) is 6.92 Å². The summed E-state index contributed by atoms with van der Waals surface area (Å²) in [4.78, 5) is 0. The second-order valence-corrected chi connectivity index (χ2v) is 5.52. The van der Waals surface area contributed by atoms with Gasteiger partial charge in [0.05, 0.1) is 0 Å². The molecule has 0 spiro atoms. The summed E-state index contributed by atoms with van der Waals surface area (Å²) in [6, 6.07) is 20.0. The minimum Gasteiger partial charge on any atom is -0.875 e. The number of hydrogen-bond donors (Lipinski definition) is 0. The molecule has 1 nitrogen and oxygen atoms in total. The summed E-state index contributed by atoms with van der Waals surface area (Å²) < 4.78 is 1.13. The van der Waals surface area contributed by atoms with E-state index in [4.69, 9.17) is 0 Å². The van der Waals surface area contributed by atoms with Crippen LogP contribution in [-0.4, -0.2) is 0 Å². The molecule has 0 unspecified atom stereocenters. The molecule has 2 aromatic carbocycles. The van der Waals surface area contributed by atoms with Gasteiger partial charge in [0.1, 0.15) is 0 Å². The van der Waals surface area contributed by atoms with Crippen molar-refractivity contribution in [1.82, 2.24) is 0 Å². The van der Waals surface area contributed by atoms with E-state index in [0.29, 0.717) is 0 Å². The van der Waals surface area contributed by atoms with Crippen LogP contribution in [0, 0.1) is 0 Å². The molecule has 1 aliphatic carbocycles. The third-order valence-corrected chi connectivity index (χ3v) is 3.80. The van der Waals surface area contributed by atoms with Gasteiger partial charge >= 0.3 is 17.1 Å². The molecule has 0 amide bonds. The van der Waals surface area contributed by atoms with Crippen LogP contribution in [0.3, 0.4) is 0 Å². The molecule has 2 aromatic rings. The standard InChI is InChI=1S/C13H11IO.C5H5.Fe/c1-9(15)11-7-8-12(14)13(11)10-5-3-2-4-6-10;1-2-4-5-3-1;/h2-8,15H,1H3;1-5H;/q;-1;+2/p-1. The Morgan fingerprint density at radius 2 is 1.62 bits per heavy atom. The van der Waals surface area contributed by atoms with Gasteiger partial charge in [-0.15, -0.1) is 5.76 Å². The van der Waals surface area contributed by atoms with Gasteiger partial charge < -0.3 is 5.11 Å². The zero-order valence-electron chi connectivity index (χ0n) is 11.6. The molecule has 0 aliphatic heterocycles. The fraction of sp³-hybridized carbons (Fsp3) is 0.0556. The third kappa shape index (κ3) is 4.95. The molecule has 108 valence electrons. The van der Waals surface area contributed by atoms with E-state index < -0.39 is 0 Å². The first-order chi connectivity index (χ1) is 9.70. The summed E-state index contributed by atoms with van der Waals surface area (Å²) >= 11 is 2.27. The monoisotopic (exact) mass is 430 g/mol. The van der Waals surface area contributed by atoms with Crippen LogP contribution in [0.2, 0.25) is 0 Å². The summed E-state index contributed by atoms with van der Waals surface area (Å²) in [5.74, 6) is 0.122. The van der Waals surface area contributed by atoms with Gasteiger partial charge in [-0.05, 0) is 39.8 Å². The second-order valence-electron chi connectivity index (χ2n) is 4.35. The predicted octanol–water partition coefficient (Wildman–Crippen LogP) is 4.44. The number of hydrogen-bond acceptors (Lipinski definition) is 1. The topological polar surface area (TPSA) is 23.1 Å². The fourth-order valence-corrected chi connectivity index (χ4v) is 2.75. The first kappa shape index (κ1) is 17.9. The quantitative estimate of drug-likeness (QED) is 0.284. The van der Waals surface area contributed by atoms with Crippen LogP contribution >= 0.6 is 22.6 Å². The van der Waals surface area contributed by atoms with Crippen molar-refractivity contribution in [1.29, 1.82) is 0 Å². The van der Waals surface area contributed by atoms with Crippen LogP contribution < -0.4 is 5.11 Å². The third-order valence-electron chi connectivity index (χ3n) is 2.90. The van der Waals surface area contributed by atoms with Gasteiger partial charge in [-0.3, -0.25) is 0 Å². The van der Waals surface area contributed by atoms with Crippen molar-refractivity contribution < 1.29 is 22.2 Å². The molecular weight excluding hydrogens is 415 g/mol. The largest absolute Gasteiger partial charge is 2.00 e. The maximum absolute atomic E-state index is 11.4. The van der Waals surface area contributed by atoms with E-state index in [0.717, 1.165) is 20.3 Å². The van der Waals surface area contributed by atoms with Crippen LogP contribution in [0.1, 0.15) is 12.5 Å². The van der Waals surface area contributed by atoms with Gasteiger partial charge in [-0.25, -0.2) is 12.1 Å². The minimum absolute atomic E-state index is 0. The summed E-state index contributed by atoms with van der Waals surface area (Å²) in [6.07, 6.45) is 3.88. The smallest absolute Gasteiger partial charge is 0.875 e. The normalized spacial score (nSPS) is 15.1. The van der Waals surface area contributed by atoms with Gasteiger partial charge in [0, 0.05) is 9.15 Å². The molecule has 0 fully saturated rings. The van der Waals surface area contributed by atoms with Gasteiger partial charge in [0.2, 0.25) is 0 Å². The Hall–Kier alpha value is -1.16. The summed E-state index contributed by atoms with van der Waals surface area (Å²) in [7, 11) is 0. The van der Waals surface area contributed by atoms with Crippen molar-refractivity contribution in [3.05, 3.63) is 93.3 Å². The van der Waals surface area contributed by atoms with E-state index in [9.17, 15) is 5.11 Å². The Kier molecular flexibility index (Phi) is 7.65. The summed E-state index contributed by atoms with van der Waals surface area (Å²) in [6.45, 7) is 1.61. The molecular formula is C18H15FeIO. The maximum Gasteiger partial charge on any atom is 2.00 e. The molecule has 1 aliphatic rings. The molecule has 0 aromatic heterocycles. The van der Waals surface area contributed by atoms with E-state index in [2.05, 4.69) is 22.6 Å².